The van der Waals surface area contributed by atoms with Crippen molar-refractivity contribution in [3.8, 4) is 11.5 Å². The van der Waals surface area contributed by atoms with Crippen LogP contribution in [0.25, 0.3) is 10.2 Å². The molecule has 3 N–H and O–H groups in total. The van der Waals surface area contributed by atoms with Gasteiger partial charge in [-0.15, -0.1) is 0 Å². The first-order valence-electron chi connectivity index (χ1n) is 7.01. The number of carbonyl (C=O) groups excluding carboxylic acids is 1. The van der Waals surface area contributed by atoms with Gasteiger partial charge in [-0.05, 0) is 18.2 Å². The average Bonchev–Trinajstić information content (AvgIpc) is 2.93. The number of nitrogens with one attached hydrogen (secondary N) is 1. The lowest BCUT2D eigenvalue weighted by atomic mass is 10.2. The van der Waals surface area contributed by atoms with Gasteiger partial charge < -0.3 is 20.5 Å². The Kier molecular flexibility index (Phi) is 4.89. The minimum absolute atomic E-state index is 0.253. The Morgan fingerprint density at radius 3 is 2.44 bits per heavy atom. The third-order valence-electron chi connectivity index (χ3n) is 3.42. The van der Waals surface area contributed by atoms with Crippen molar-refractivity contribution >= 4 is 61.5 Å². The van der Waals surface area contributed by atoms with Crippen LogP contribution in [0.5, 0.6) is 11.5 Å². The molecule has 6 nitrogen and oxygen atoms in total. The lowest BCUT2D eigenvalue weighted by molar-refractivity contribution is 0.102. The topological polar surface area (TPSA) is 86.5 Å². The number of hydrogen-bond donors (Lipinski definition) is 2. The summed E-state index contributed by atoms with van der Waals surface area (Å²) in [5.74, 6) is 0.472. The molecule has 130 valence electrons. The SMILES string of the molecule is COc1c(Cl)cc(C(=O)Nc2cc(OC)c3nc(N)sc3c2)cc1Cl. The molecule has 0 bridgehead atoms. The smallest absolute Gasteiger partial charge is 0.255 e. The van der Waals surface area contributed by atoms with Crippen molar-refractivity contribution < 1.29 is 14.3 Å². The number of benzene rings is 2. The number of nitrogen functional groups attached to an aromatic ring is 1. The average molecular weight is 398 g/mol. The summed E-state index contributed by atoms with van der Waals surface area (Å²) in [6.45, 7) is 0. The van der Waals surface area contributed by atoms with Crippen LogP contribution in [0.2, 0.25) is 10.0 Å². The van der Waals surface area contributed by atoms with Gasteiger partial charge in [0.2, 0.25) is 0 Å². The van der Waals surface area contributed by atoms with E-state index in [0.717, 1.165) is 4.70 Å². The third-order valence-corrected chi connectivity index (χ3v) is 4.81. The molecule has 0 aliphatic rings. The van der Waals surface area contributed by atoms with Crippen LogP contribution in [0.4, 0.5) is 10.8 Å². The van der Waals surface area contributed by atoms with Crippen LogP contribution in [0, 0.1) is 0 Å². The van der Waals surface area contributed by atoms with Gasteiger partial charge in [0.25, 0.3) is 5.91 Å². The second-order valence-corrected chi connectivity index (χ2v) is 6.88. The minimum Gasteiger partial charge on any atom is -0.494 e. The fraction of sp³-hybridized carbons (Fsp3) is 0.125. The van der Waals surface area contributed by atoms with Gasteiger partial charge in [-0.1, -0.05) is 34.5 Å². The number of anilines is 2. The highest BCUT2D eigenvalue weighted by Gasteiger charge is 2.15. The van der Waals surface area contributed by atoms with Crippen molar-refractivity contribution in [2.45, 2.75) is 0 Å². The van der Waals surface area contributed by atoms with Crippen molar-refractivity contribution in [3.05, 3.63) is 39.9 Å². The van der Waals surface area contributed by atoms with Gasteiger partial charge in [-0.3, -0.25) is 4.79 Å². The molecule has 1 heterocycles. The molecule has 0 aliphatic heterocycles. The van der Waals surface area contributed by atoms with Crippen LogP contribution in [0.3, 0.4) is 0 Å². The fourth-order valence-electron chi connectivity index (χ4n) is 2.33. The zero-order chi connectivity index (χ0) is 18.1. The van der Waals surface area contributed by atoms with Crippen LogP contribution in [0.1, 0.15) is 10.4 Å². The van der Waals surface area contributed by atoms with E-state index in [2.05, 4.69) is 10.3 Å². The van der Waals surface area contributed by atoms with Gasteiger partial charge >= 0.3 is 0 Å². The molecule has 0 unspecified atom stereocenters. The monoisotopic (exact) mass is 397 g/mol. The van der Waals surface area contributed by atoms with E-state index in [1.54, 1.807) is 12.1 Å². The Bertz CT molecular complexity index is 952. The van der Waals surface area contributed by atoms with E-state index in [0.29, 0.717) is 33.4 Å². The molecule has 3 rings (SSSR count). The number of ether oxygens (including phenoxy) is 2. The van der Waals surface area contributed by atoms with E-state index >= 15 is 0 Å². The molecular weight excluding hydrogens is 385 g/mol. The van der Waals surface area contributed by atoms with Crippen LogP contribution in [-0.4, -0.2) is 25.1 Å². The number of halogens is 2. The first-order valence-corrected chi connectivity index (χ1v) is 8.58. The molecule has 0 spiro atoms. The van der Waals surface area contributed by atoms with Crippen molar-refractivity contribution in [2.24, 2.45) is 0 Å². The molecule has 2 aromatic carbocycles. The molecule has 9 heteroatoms. The number of thiazole rings is 1. The standard InChI is InChI=1S/C16H13Cl2N3O3S/c1-23-11-5-8(6-12-13(11)21-16(19)25-12)20-15(22)7-3-9(17)14(24-2)10(18)4-7/h3-6H,1-2H3,(H2,19,21)(H,20,22). The molecule has 0 fully saturated rings. The van der Waals surface area contributed by atoms with Gasteiger partial charge in [-0.2, -0.15) is 0 Å². The molecule has 0 atom stereocenters. The molecule has 0 radical (unpaired) electrons. The van der Waals surface area contributed by atoms with Crippen molar-refractivity contribution in [1.82, 2.24) is 4.98 Å². The molecule has 1 aromatic heterocycles. The van der Waals surface area contributed by atoms with Gasteiger partial charge in [-0.25, -0.2) is 4.98 Å². The second-order valence-electron chi connectivity index (χ2n) is 5.00. The maximum atomic E-state index is 12.5. The lowest BCUT2D eigenvalue weighted by Crippen LogP contribution is -2.12. The number of hydrogen-bond acceptors (Lipinski definition) is 6. The van der Waals surface area contributed by atoms with E-state index in [-0.39, 0.29) is 16.0 Å². The fourth-order valence-corrected chi connectivity index (χ4v) is 3.77. The number of fused-ring (bicyclic) bond motifs is 1. The Hall–Kier alpha value is -2.22. The van der Waals surface area contributed by atoms with E-state index in [9.17, 15) is 4.79 Å². The van der Waals surface area contributed by atoms with Crippen LogP contribution in [-0.2, 0) is 0 Å². The molecule has 0 saturated carbocycles. The van der Waals surface area contributed by atoms with E-state index in [1.165, 1.54) is 37.7 Å². The predicted octanol–water partition coefficient (Wildman–Crippen LogP) is 4.45. The highest BCUT2D eigenvalue weighted by molar-refractivity contribution is 7.22. The highest BCUT2D eigenvalue weighted by Crippen LogP contribution is 2.36. The number of amides is 1. The maximum absolute atomic E-state index is 12.5. The largest absolute Gasteiger partial charge is 0.494 e. The molecule has 0 aliphatic carbocycles. The number of carbonyl (C=O) groups is 1. The predicted molar refractivity (Wildman–Crippen MR) is 102 cm³/mol. The van der Waals surface area contributed by atoms with E-state index in [4.69, 9.17) is 38.4 Å². The first kappa shape index (κ1) is 17.6. The molecule has 0 saturated heterocycles. The summed E-state index contributed by atoms with van der Waals surface area (Å²) in [7, 11) is 2.98. The summed E-state index contributed by atoms with van der Waals surface area (Å²) in [6.07, 6.45) is 0. The van der Waals surface area contributed by atoms with Gasteiger partial charge in [0.05, 0.1) is 29.0 Å². The minimum atomic E-state index is -0.370. The number of methoxy groups -OCH3 is 2. The van der Waals surface area contributed by atoms with Crippen molar-refractivity contribution in [2.75, 3.05) is 25.3 Å². The lowest BCUT2D eigenvalue weighted by Gasteiger charge is -2.10. The van der Waals surface area contributed by atoms with Gasteiger partial charge in [0.1, 0.15) is 11.3 Å². The zero-order valence-corrected chi connectivity index (χ0v) is 15.6. The summed E-state index contributed by atoms with van der Waals surface area (Å²) in [5.41, 5.74) is 7.24. The van der Waals surface area contributed by atoms with Gasteiger partial charge in [0.15, 0.2) is 10.9 Å². The normalized spacial score (nSPS) is 10.7. The summed E-state index contributed by atoms with van der Waals surface area (Å²) in [6, 6.07) is 6.42. The van der Waals surface area contributed by atoms with E-state index < -0.39 is 0 Å². The third kappa shape index (κ3) is 3.44. The second kappa shape index (κ2) is 6.95. The zero-order valence-electron chi connectivity index (χ0n) is 13.2. The van der Waals surface area contributed by atoms with E-state index in [1.807, 2.05) is 0 Å². The molecular formula is C16H13Cl2N3O3S. The molecule has 25 heavy (non-hydrogen) atoms. The number of nitrogens with zero attached hydrogens (tertiary/aromatic N) is 1. The summed E-state index contributed by atoms with van der Waals surface area (Å²) in [5, 5.41) is 3.72. The van der Waals surface area contributed by atoms with Gasteiger partial charge in [0, 0.05) is 17.3 Å². The molecule has 1 amide bonds. The maximum Gasteiger partial charge on any atom is 0.255 e. The Balaban J connectivity index is 1.94. The summed E-state index contributed by atoms with van der Waals surface area (Å²) >= 11 is 13.5. The summed E-state index contributed by atoms with van der Waals surface area (Å²) < 4.78 is 11.2. The van der Waals surface area contributed by atoms with Crippen LogP contribution in [0.15, 0.2) is 24.3 Å². The number of rotatable bonds is 4. The Morgan fingerprint density at radius 2 is 1.84 bits per heavy atom. The number of aromatic nitrogens is 1. The van der Waals surface area contributed by atoms with Crippen molar-refractivity contribution in [1.29, 1.82) is 0 Å². The first-order chi connectivity index (χ1) is 11.9. The quantitative estimate of drug-likeness (QED) is 0.678. The molecule has 3 aromatic rings. The Labute approximate surface area is 157 Å². The number of nitrogens with two attached hydrogens (primary N) is 1. The van der Waals surface area contributed by atoms with Crippen molar-refractivity contribution in [3.63, 3.8) is 0 Å². The highest BCUT2D eigenvalue weighted by atomic mass is 35.5. The van der Waals surface area contributed by atoms with Crippen LogP contribution < -0.4 is 20.5 Å². The summed E-state index contributed by atoms with van der Waals surface area (Å²) in [4.78, 5) is 16.7. The Morgan fingerprint density at radius 1 is 1.16 bits per heavy atom. The van der Waals surface area contributed by atoms with Crippen LogP contribution >= 0.6 is 34.5 Å².